The molecule has 2 heterocycles. The number of carbonyl (C=O) groups is 2. The largest absolute Gasteiger partial charge is 0.478 e. The quantitative estimate of drug-likeness (QED) is 0.773. The number of benzene rings is 2. The van der Waals surface area contributed by atoms with Crippen LogP contribution in [0.5, 0.6) is 0 Å². The zero-order chi connectivity index (χ0) is 18.8. The summed E-state index contributed by atoms with van der Waals surface area (Å²) in [5.74, 6) is -0.721. The van der Waals surface area contributed by atoms with E-state index in [9.17, 15) is 9.59 Å². The molecule has 0 spiro atoms. The minimum absolute atomic E-state index is 0.00518. The molecular formula is C21H19N3O3. The van der Waals surface area contributed by atoms with Crippen molar-refractivity contribution in [1.82, 2.24) is 14.9 Å². The second kappa shape index (κ2) is 7.15. The summed E-state index contributed by atoms with van der Waals surface area (Å²) in [6.07, 6.45) is 5.16. The van der Waals surface area contributed by atoms with Crippen molar-refractivity contribution in [3.8, 4) is 0 Å². The van der Waals surface area contributed by atoms with Gasteiger partial charge < -0.3 is 10.0 Å². The molecule has 0 saturated carbocycles. The van der Waals surface area contributed by atoms with Gasteiger partial charge in [-0.25, -0.2) is 4.79 Å². The Balaban J connectivity index is 1.52. The topological polar surface area (TPSA) is 83.4 Å². The molecule has 0 unspecified atom stereocenters. The highest BCUT2D eigenvalue weighted by atomic mass is 16.4. The Hall–Kier alpha value is -3.28. The fraction of sp³-hybridized carbons (Fsp3) is 0.238. The third-order valence-electron chi connectivity index (χ3n) is 5.05. The Labute approximate surface area is 156 Å². The number of hydrogen-bond acceptors (Lipinski definition) is 4. The minimum atomic E-state index is -0.929. The van der Waals surface area contributed by atoms with Crippen LogP contribution in [0.4, 0.5) is 0 Å². The fourth-order valence-corrected chi connectivity index (χ4v) is 3.61. The molecule has 0 radical (unpaired) electrons. The summed E-state index contributed by atoms with van der Waals surface area (Å²) >= 11 is 0. The van der Waals surface area contributed by atoms with Crippen molar-refractivity contribution in [3.63, 3.8) is 0 Å². The van der Waals surface area contributed by atoms with Crippen molar-refractivity contribution in [2.75, 3.05) is 13.1 Å². The Morgan fingerprint density at radius 1 is 0.963 bits per heavy atom. The maximum atomic E-state index is 13.0. The number of carbonyl (C=O) groups excluding carboxylic acids is 1. The van der Waals surface area contributed by atoms with Crippen molar-refractivity contribution in [2.24, 2.45) is 0 Å². The van der Waals surface area contributed by atoms with Crippen molar-refractivity contribution in [2.45, 2.75) is 18.8 Å². The van der Waals surface area contributed by atoms with Crippen molar-refractivity contribution in [1.29, 1.82) is 0 Å². The number of nitrogens with zero attached hydrogens (tertiary/aromatic N) is 3. The molecule has 1 amide bonds. The molecule has 1 N–H and O–H groups in total. The van der Waals surface area contributed by atoms with Crippen LogP contribution in [0, 0.1) is 0 Å². The summed E-state index contributed by atoms with van der Waals surface area (Å²) in [7, 11) is 0. The summed E-state index contributed by atoms with van der Waals surface area (Å²) in [6, 6.07) is 12.4. The van der Waals surface area contributed by atoms with Gasteiger partial charge in [0.2, 0.25) is 0 Å². The highest BCUT2D eigenvalue weighted by Gasteiger charge is 2.25. The lowest BCUT2D eigenvalue weighted by atomic mass is 9.90. The van der Waals surface area contributed by atoms with Gasteiger partial charge >= 0.3 is 5.97 Å². The van der Waals surface area contributed by atoms with Crippen LogP contribution in [0.2, 0.25) is 0 Å². The van der Waals surface area contributed by atoms with Gasteiger partial charge in [-0.05, 0) is 48.7 Å². The molecule has 3 aromatic rings. The van der Waals surface area contributed by atoms with Crippen molar-refractivity contribution >= 4 is 22.9 Å². The Kier molecular flexibility index (Phi) is 4.54. The minimum Gasteiger partial charge on any atom is -0.478 e. The van der Waals surface area contributed by atoms with E-state index in [1.165, 1.54) is 0 Å². The lowest BCUT2D eigenvalue weighted by Crippen LogP contribution is -2.39. The predicted octanol–water partition coefficient (Wildman–Crippen LogP) is 3.35. The molecule has 1 aliphatic rings. The third kappa shape index (κ3) is 3.51. The summed E-state index contributed by atoms with van der Waals surface area (Å²) in [4.78, 5) is 34.4. The molecule has 1 aliphatic heterocycles. The Morgan fingerprint density at radius 2 is 1.67 bits per heavy atom. The number of rotatable bonds is 3. The van der Waals surface area contributed by atoms with E-state index in [4.69, 9.17) is 5.11 Å². The molecule has 0 bridgehead atoms. The van der Waals surface area contributed by atoms with E-state index < -0.39 is 5.97 Å². The summed E-state index contributed by atoms with van der Waals surface area (Å²) in [5.41, 5.74) is 3.44. The average molecular weight is 361 g/mol. The van der Waals surface area contributed by atoms with Crippen LogP contribution < -0.4 is 0 Å². The first kappa shape index (κ1) is 17.1. The number of piperidine rings is 1. The zero-order valence-electron chi connectivity index (χ0n) is 14.7. The van der Waals surface area contributed by atoms with Gasteiger partial charge in [-0.15, -0.1) is 0 Å². The second-order valence-electron chi connectivity index (χ2n) is 6.78. The Morgan fingerprint density at radius 3 is 2.41 bits per heavy atom. The van der Waals surface area contributed by atoms with Crippen LogP contribution in [0.25, 0.3) is 11.0 Å². The molecule has 1 saturated heterocycles. The molecule has 27 heavy (non-hydrogen) atoms. The van der Waals surface area contributed by atoms with Gasteiger partial charge in [0, 0.05) is 37.0 Å². The monoisotopic (exact) mass is 361 g/mol. The van der Waals surface area contributed by atoms with Gasteiger partial charge in [0.25, 0.3) is 5.91 Å². The van der Waals surface area contributed by atoms with E-state index in [0.29, 0.717) is 17.6 Å². The average Bonchev–Trinajstić information content (AvgIpc) is 2.73. The summed E-state index contributed by atoms with van der Waals surface area (Å²) in [5, 5.41) is 9.04. The molecular weight excluding hydrogens is 342 g/mol. The smallest absolute Gasteiger partial charge is 0.335 e. The lowest BCUT2D eigenvalue weighted by Gasteiger charge is -2.33. The second-order valence-corrected chi connectivity index (χ2v) is 6.78. The molecule has 136 valence electrons. The summed E-state index contributed by atoms with van der Waals surface area (Å²) in [6.45, 7) is 1.35. The highest BCUT2D eigenvalue weighted by Crippen LogP contribution is 2.28. The van der Waals surface area contributed by atoms with E-state index >= 15 is 0 Å². The molecule has 4 rings (SSSR count). The molecule has 2 aromatic carbocycles. The standard InChI is InChI=1S/C21H19N3O3/c25-20(16-7-8-18-19(12-16)23-10-9-22-18)24-11-1-2-17(13-24)14-3-5-15(6-4-14)21(26)27/h3-10,12,17H,1-2,11,13H2,(H,26,27)/t17-/m0/s1. The number of aromatic nitrogens is 2. The first-order valence-corrected chi connectivity index (χ1v) is 8.95. The fourth-order valence-electron chi connectivity index (χ4n) is 3.61. The molecule has 0 aliphatic carbocycles. The number of aromatic carboxylic acids is 1. The van der Waals surface area contributed by atoms with Crippen LogP contribution in [-0.4, -0.2) is 44.9 Å². The van der Waals surface area contributed by atoms with Gasteiger partial charge in [0.05, 0.1) is 16.6 Å². The van der Waals surface area contributed by atoms with Gasteiger partial charge in [0.1, 0.15) is 0 Å². The molecule has 1 atom stereocenters. The van der Waals surface area contributed by atoms with Gasteiger partial charge in [0.15, 0.2) is 0 Å². The van der Waals surface area contributed by atoms with Crippen molar-refractivity contribution < 1.29 is 14.7 Å². The van der Waals surface area contributed by atoms with Crippen LogP contribution in [-0.2, 0) is 0 Å². The van der Waals surface area contributed by atoms with Crippen LogP contribution in [0.15, 0.2) is 54.9 Å². The number of hydrogen-bond donors (Lipinski definition) is 1. The lowest BCUT2D eigenvalue weighted by molar-refractivity contribution is 0.0693. The SMILES string of the molecule is O=C(O)c1ccc([C@H]2CCCN(C(=O)c3ccc4nccnc4c3)C2)cc1. The van der Waals surface area contributed by atoms with Gasteiger partial charge in [-0.1, -0.05) is 12.1 Å². The van der Waals surface area contributed by atoms with Gasteiger partial charge in [-0.3, -0.25) is 14.8 Å². The first-order valence-electron chi connectivity index (χ1n) is 8.95. The van der Waals surface area contributed by atoms with E-state index in [2.05, 4.69) is 9.97 Å². The predicted molar refractivity (Wildman–Crippen MR) is 101 cm³/mol. The van der Waals surface area contributed by atoms with E-state index in [1.54, 1.807) is 36.7 Å². The first-order chi connectivity index (χ1) is 13.1. The van der Waals surface area contributed by atoms with Gasteiger partial charge in [-0.2, -0.15) is 0 Å². The number of fused-ring (bicyclic) bond motifs is 1. The normalized spacial score (nSPS) is 17.0. The third-order valence-corrected chi connectivity index (χ3v) is 5.05. The maximum Gasteiger partial charge on any atom is 0.335 e. The molecule has 6 nitrogen and oxygen atoms in total. The van der Waals surface area contributed by atoms with E-state index in [1.807, 2.05) is 23.1 Å². The molecule has 1 aromatic heterocycles. The number of amides is 1. The molecule has 1 fully saturated rings. The summed E-state index contributed by atoms with van der Waals surface area (Å²) < 4.78 is 0. The number of likely N-dealkylation sites (tertiary alicyclic amines) is 1. The molecule has 6 heteroatoms. The van der Waals surface area contributed by atoms with Crippen LogP contribution in [0.1, 0.15) is 45.0 Å². The van der Waals surface area contributed by atoms with E-state index in [0.717, 1.165) is 30.5 Å². The Bertz CT molecular complexity index is 1000. The number of carboxylic acid groups (broad SMARTS) is 1. The van der Waals surface area contributed by atoms with Crippen LogP contribution >= 0.6 is 0 Å². The number of carboxylic acids is 1. The zero-order valence-corrected chi connectivity index (χ0v) is 14.7. The van der Waals surface area contributed by atoms with Crippen molar-refractivity contribution in [3.05, 3.63) is 71.5 Å². The maximum absolute atomic E-state index is 13.0. The van der Waals surface area contributed by atoms with E-state index in [-0.39, 0.29) is 17.4 Å². The van der Waals surface area contributed by atoms with Crippen LogP contribution in [0.3, 0.4) is 0 Å². The highest BCUT2D eigenvalue weighted by molar-refractivity contribution is 5.97.